The van der Waals surface area contributed by atoms with Crippen LogP contribution < -0.4 is 14.4 Å². The van der Waals surface area contributed by atoms with E-state index in [1.165, 1.54) is 26.3 Å². The van der Waals surface area contributed by atoms with Gasteiger partial charge in [0, 0.05) is 12.6 Å². The average molecular weight is 479 g/mol. The van der Waals surface area contributed by atoms with Crippen molar-refractivity contribution in [3.8, 4) is 5.75 Å². The third-order valence-corrected chi connectivity index (χ3v) is 7.32. The van der Waals surface area contributed by atoms with Gasteiger partial charge in [0.15, 0.2) is 0 Å². The summed E-state index contributed by atoms with van der Waals surface area (Å²) in [5, 5.41) is 3.18. The fourth-order valence-electron chi connectivity index (χ4n) is 2.97. The van der Waals surface area contributed by atoms with Gasteiger partial charge in [0.25, 0.3) is 15.9 Å². The van der Waals surface area contributed by atoms with Crippen LogP contribution in [0.5, 0.6) is 5.75 Å². The number of sulfonamides is 1. The van der Waals surface area contributed by atoms with Crippen molar-refractivity contribution in [1.29, 1.82) is 0 Å². The van der Waals surface area contributed by atoms with Crippen molar-refractivity contribution in [2.75, 3.05) is 23.8 Å². The Kier molecular flexibility index (Phi) is 6.79. The number of anilines is 2. The Hall–Kier alpha value is -2.74. The fourth-order valence-corrected chi connectivity index (χ4v) is 4.55. The number of hydrogen-bond acceptors (Lipinski definition) is 4. The minimum Gasteiger partial charge on any atom is -0.495 e. The third-order valence-electron chi connectivity index (χ3n) is 4.74. The maximum Gasteiger partial charge on any atom is 0.264 e. The zero-order chi connectivity index (χ0) is 22.8. The van der Waals surface area contributed by atoms with E-state index in [1.54, 1.807) is 55.5 Å². The molecule has 0 spiro atoms. The van der Waals surface area contributed by atoms with E-state index in [9.17, 15) is 13.2 Å². The lowest BCUT2D eigenvalue weighted by Gasteiger charge is -2.22. The molecule has 0 saturated carbocycles. The molecular formula is C22H20Cl2N2O4S. The normalized spacial score (nSPS) is 11.1. The highest BCUT2D eigenvalue weighted by molar-refractivity contribution is 7.92. The minimum atomic E-state index is -3.96. The van der Waals surface area contributed by atoms with Gasteiger partial charge in [-0.25, -0.2) is 8.42 Å². The molecular weight excluding hydrogens is 459 g/mol. The van der Waals surface area contributed by atoms with Crippen LogP contribution in [0.3, 0.4) is 0 Å². The van der Waals surface area contributed by atoms with Gasteiger partial charge in [-0.15, -0.1) is 0 Å². The number of rotatable bonds is 6. The zero-order valence-corrected chi connectivity index (χ0v) is 19.3. The minimum absolute atomic E-state index is 0.0335. The molecule has 0 aliphatic rings. The molecule has 1 amide bonds. The number of para-hydroxylation sites is 2. The van der Waals surface area contributed by atoms with Crippen LogP contribution in [0.2, 0.25) is 10.0 Å². The van der Waals surface area contributed by atoms with Crippen LogP contribution in [0.25, 0.3) is 0 Å². The molecule has 3 aromatic carbocycles. The monoisotopic (exact) mass is 478 g/mol. The number of benzene rings is 3. The van der Waals surface area contributed by atoms with E-state index < -0.39 is 15.9 Å². The summed E-state index contributed by atoms with van der Waals surface area (Å²) in [4.78, 5) is 12.8. The molecule has 6 nitrogen and oxygen atoms in total. The Morgan fingerprint density at radius 1 is 1.03 bits per heavy atom. The summed E-state index contributed by atoms with van der Waals surface area (Å²) in [6.45, 7) is 1.72. The maximum atomic E-state index is 13.2. The van der Waals surface area contributed by atoms with E-state index >= 15 is 0 Å². The highest BCUT2D eigenvalue weighted by Gasteiger charge is 2.25. The second kappa shape index (κ2) is 9.18. The maximum absolute atomic E-state index is 13.2. The molecule has 0 aliphatic carbocycles. The lowest BCUT2D eigenvalue weighted by atomic mass is 10.1. The summed E-state index contributed by atoms with van der Waals surface area (Å²) < 4.78 is 32.9. The van der Waals surface area contributed by atoms with Crippen LogP contribution >= 0.6 is 23.2 Å². The smallest absolute Gasteiger partial charge is 0.264 e. The molecule has 0 heterocycles. The number of nitrogens with zero attached hydrogens (tertiary/aromatic N) is 1. The zero-order valence-electron chi connectivity index (χ0n) is 17.0. The van der Waals surface area contributed by atoms with Crippen molar-refractivity contribution >= 4 is 50.5 Å². The van der Waals surface area contributed by atoms with Gasteiger partial charge in [-0.2, -0.15) is 0 Å². The summed E-state index contributed by atoms with van der Waals surface area (Å²) in [6.07, 6.45) is 0. The lowest BCUT2D eigenvalue weighted by molar-refractivity contribution is 0.102. The molecule has 0 aliphatic heterocycles. The van der Waals surface area contributed by atoms with Crippen LogP contribution in [-0.2, 0) is 10.0 Å². The van der Waals surface area contributed by atoms with Gasteiger partial charge in [0.1, 0.15) is 5.75 Å². The highest BCUT2D eigenvalue weighted by atomic mass is 35.5. The summed E-state index contributed by atoms with van der Waals surface area (Å²) >= 11 is 12.1. The van der Waals surface area contributed by atoms with Gasteiger partial charge < -0.3 is 10.1 Å². The van der Waals surface area contributed by atoms with E-state index in [-0.39, 0.29) is 15.5 Å². The van der Waals surface area contributed by atoms with Crippen molar-refractivity contribution < 1.29 is 17.9 Å². The molecule has 0 aromatic heterocycles. The van der Waals surface area contributed by atoms with E-state index in [1.807, 2.05) is 0 Å². The van der Waals surface area contributed by atoms with Crippen LogP contribution in [0.4, 0.5) is 11.4 Å². The van der Waals surface area contributed by atoms with Crippen molar-refractivity contribution in [2.45, 2.75) is 11.8 Å². The van der Waals surface area contributed by atoms with Crippen molar-refractivity contribution in [3.63, 3.8) is 0 Å². The fraction of sp³-hybridized carbons (Fsp3) is 0.136. The molecule has 3 rings (SSSR count). The Bertz CT molecular complexity index is 1250. The lowest BCUT2D eigenvalue weighted by Crippen LogP contribution is -2.27. The number of carbonyl (C=O) groups is 1. The molecule has 0 bridgehead atoms. The molecule has 1 N–H and O–H groups in total. The third kappa shape index (κ3) is 4.63. The quantitative estimate of drug-likeness (QED) is 0.515. The van der Waals surface area contributed by atoms with Crippen molar-refractivity contribution in [3.05, 3.63) is 81.8 Å². The number of ether oxygens (including phenoxy) is 1. The Morgan fingerprint density at radius 2 is 1.74 bits per heavy atom. The first-order valence-electron chi connectivity index (χ1n) is 9.14. The Balaban J connectivity index is 1.98. The van der Waals surface area contributed by atoms with Gasteiger partial charge >= 0.3 is 0 Å². The number of aryl methyl sites for hydroxylation is 1. The van der Waals surface area contributed by atoms with Gasteiger partial charge in [-0.05, 0) is 48.9 Å². The van der Waals surface area contributed by atoms with Gasteiger partial charge in [0.2, 0.25) is 0 Å². The molecule has 0 fully saturated rings. The number of halogens is 2. The summed E-state index contributed by atoms with van der Waals surface area (Å²) in [5.74, 6) is -0.0899. The van der Waals surface area contributed by atoms with Gasteiger partial charge in [-0.3, -0.25) is 9.10 Å². The van der Waals surface area contributed by atoms with E-state index in [0.717, 1.165) is 4.31 Å². The first kappa shape index (κ1) is 22.9. The highest BCUT2D eigenvalue weighted by Crippen LogP contribution is 2.32. The first-order valence-corrected chi connectivity index (χ1v) is 11.3. The number of hydrogen-bond donors (Lipinski definition) is 1. The van der Waals surface area contributed by atoms with E-state index in [0.29, 0.717) is 27.7 Å². The number of amides is 1. The SMILES string of the molecule is COc1ccccc1N(C)S(=O)(=O)c1ccc(C)c(C(=O)Nc2cccc(Cl)c2Cl)c1. The van der Waals surface area contributed by atoms with Crippen molar-refractivity contribution in [1.82, 2.24) is 0 Å². The predicted molar refractivity (Wildman–Crippen MR) is 124 cm³/mol. The number of methoxy groups -OCH3 is 1. The number of nitrogens with one attached hydrogen (secondary N) is 1. The average Bonchev–Trinajstić information content (AvgIpc) is 2.76. The number of carbonyl (C=O) groups excluding carboxylic acids is 1. The molecule has 0 saturated heterocycles. The molecule has 162 valence electrons. The molecule has 0 atom stereocenters. The largest absolute Gasteiger partial charge is 0.495 e. The molecule has 0 radical (unpaired) electrons. The Morgan fingerprint density at radius 3 is 2.45 bits per heavy atom. The van der Waals surface area contributed by atoms with E-state index in [4.69, 9.17) is 27.9 Å². The van der Waals surface area contributed by atoms with Crippen LogP contribution in [0.1, 0.15) is 15.9 Å². The predicted octanol–water partition coefficient (Wildman–Crippen LogP) is 5.39. The second-order valence-corrected chi connectivity index (χ2v) is 9.43. The van der Waals surface area contributed by atoms with Crippen LogP contribution in [0, 0.1) is 6.92 Å². The van der Waals surface area contributed by atoms with Gasteiger partial charge in [-0.1, -0.05) is 47.5 Å². The van der Waals surface area contributed by atoms with Crippen LogP contribution in [0.15, 0.2) is 65.6 Å². The summed E-state index contributed by atoms with van der Waals surface area (Å²) in [5.41, 5.74) is 1.51. The van der Waals surface area contributed by atoms with Crippen LogP contribution in [-0.4, -0.2) is 28.5 Å². The second-order valence-electron chi connectivity index (χ2n) is 6.68. The molecule has 3 aromatic rings. The molecule has 31 heavy (non-hydrogen) atoms. The van der Waals surface area contributed by atoms with Gasteiger partial charge in [0.05, 0.1) is 33.4 Å². The van der Waals surface area contributed by atoms with E-state index in [2.05, 4.69) is 5.32 Å². The van der Waals surface area contributed by atoms with Crippen molar-refractivity contribution in [2.24, 2.45) is 0 Å². The summed E-state index contributed by atoms with van der Waals surface area (Å²) in [6, 6.07) is 16.0. The first-order chi connectivity index (χ1) is 14.7. The molecule has 9 heteroatoms. The molecule has 0 unspecified atom stereocenters. The topological polar surface area (TPSA) is 75.7 Å². The summed E-state index contributed by atoms with van der Waals surface area (Å²) in [7, 11) is -1.06. The Labute approximate surface area is 191 Å². The standard InChI is InChI=1S/C22H20Cl2N2O4S/c1-14-11-12-15(31(28,29)26(2)19-9-4-5-10-20(19)30-3)13-16(14)22(27)25-18-8-6-7-17(23)21(18)24/h4-13H,1-3H3,(H,25,27).